The topological polar surface area (TPSA) is 58.6 Å². The first-order valence-electron chi connectivity index (χ1n) is 5.90. The first-order chi connectivity index (χ1) is 9.27. The fraction of sp³-hybridized carbons (Fsp3) is 0.500. The van der Waals surface area contributed by atoms with E-state index in [2.05, 4.69) is 37.2 Å². The summed E-state index contributed by atoms with van der Waals surface area (Å²) in [4.78, 5) is 0. The van der Waals surface area contributed by atoms with Gasteiger partial charge in [0.1, 0.15) is 5.75 Å². The molecule has 1 rings (SSSR count). The molecule has 20 heavy (non-hydrogen) atoms. The maximum atomic E-state index is 11.6. The SMILES string of the molecule is COc1c(Br)cc(Br)cc1CNCCS(=O)(=O)N(C)C. The van der Waals surface area contributed by atoms with Crippen LogP contribution < -0.4 is 10.1 Å². The number of methoxy groups -OCH3 is 1. The maximum absolute atomic E-state index is 11.6. The number of hydrogen-bond acceptors (Lipinski definition) is 4. The van der Waals surface area contributed by atoms with Gasteiger partial charge in [-0.3, -0.25) is 0 Å². The predicted octanol–water partition coefficient (Wildman–Crippen LogP) is 2.20. The van der Waals surface area contributed by atoms with Crippen LogP contribution in [0.4, 0.5) is 0 Å². The second-order valence-corrected chi connectivity index (χ2v) is 8.43. The summed E-state index contributed by atoms with van der Waals surface area (Å²) in [5, 5.41) is 3.11. The molecule has 0 aliphatic carbocycles. The third kappa shape index (κ3) is 5.00. The average Bonchev–Trinajstić information content (AvgIpc) is 2.34. The quantitative estimate of drug-likeness (QED) is 0.675. The van der Waals surface area contributed by atoms with Crippen molar-refractivity contribution >= 4 is 41.9 Å². The monoisotopic (exact) mass is 428 g/mol. The van der Waals surface area contributed by atoms with Crippen LogP contribution in [0.1, 0.15) is 5.56 Å². The van der Waals surface area contributed by atoms with E-state index in [1.807, 2.05) is 12.1 Å². The number of hydrogen-bond donors (Lipinski definition) is 1. The number of nitrogens with zero attached hydrogens (tertiary/aromatic N) is 1. The fourth-order valence-corrected chi connectivity index (χ4v) is 3.82. The standard InChI is InChI=1S/C12H18Br2N2O3S/c1-16(2)20(17,18)5-4-15-8-9-6-10(13)7-11(14)12(9)19-3/h6-7,15H,4-5,8H2,1-3H3. The van der Waals surface area contributed by atoms with E-state index in [0.29, 0.717) is 13.1 Å². The number of benzene rings is 1. The molecule has 0 unspecified atom stereocenters. The summed E-state index contributed by atoms with van der Waals surface area (Å²) in [6, 6.07) is 3.84. The van der Waals surface area contributed by atoms with Gasteiger partial charge in [-0.15, -0.1) is 0 Å². The Hall–Kier alpha value is -0.150. The van der Waals surface area contributed by atoms with Gasteiger partial charge in [-0.25, -0.2) is 12.7 Å². The average molecular weight is 430 g/mol. The van der Waals surface area contributed by atoms with E-state index < -0.39 is 10.0 Å². The Morgan fingerprint density at radius 1 is 1.30 bits per heavy atom. The summed E-state index contributed by atoms with van der Waals surface area (Å²) >= 11 is 6.85. The highest BCUT2D eigenvalue weighted by Crippen LogP contribution is 2.32. The molecule has 1 aromatic carbocycles. The summed E-state index contributed by atoms with van der Waals surface area (Å²) < 4.78 is 31.6. The van der Waals surface area contributed by atoms with Crippen molar-refractivity contribution in [3.63, 3.8) is 0 Å². The minimum Gasteiger partial charge on any atom is -0.495 e. The molecule has 0 heterocycles. The lowest BCUT2D eigenvalue weighted by Crippen LogP contribution is -2.31. The molecule has 8 heteroatoms. The smallest absolute Gasteiger partial charge is 0.214 e. The number of nitrogens with one attached hydrogen (secondary N) is 1. The zero-order valence-corrected chi connectivity index (χ0v) is 15.6. The number of halogens is 2. The van der Waals surface area contributed by atoms with Crippen molar-refractivity contribution < 1.29 is 13.2 Å². The second-order valence-electron chi connectivity index (χ2n) is 4.36. The van der Waals surface area contributed by atoms with Crippen LogP contribution in [0.15, 0.2) is 21.1 Å². The Balaban J connectivity index is 2.63. The molecule has 5 nitrogen and oxygen atoms in total. The predicted molar refractivity (Wildman–Crippen MR) is 87.6 cm³/mol. The highest BCUT2D eigenvalue weighted by molar-refractivity contribution is 9.11. The van der Waals surface area contributed by atoms with Gasteiger partial charge >= 0.3 is 0 Å². The Morgan fingerprint density at radius 3 is 2.50 bits per heavy atom. The summed E-state index contributed by atoms with van der Waals surface area (Å²) in [5.41, 5.74) is 0.955. The van der Waals surface area contributed by atoms with Crippen molar-refractivity contribution in [1.82, 2.24) is 9.62 Å². The normalized spacial score (nSPS) is 11.9. The summed E-state index contributed by atoms with van der Waals surface area (Å²) in [7, 11) is 1.50. The highest BCUT2D eigenvalue weighted by Gasteiger charge is 2.13. The van der Waals surface area contributed by atoms with Gasteiger partial charge in [0.2, 0.25) is 10.0 Å². The van der Waals surface area contributed by atoms with E-state index in [4.69, 9.17) is 4.74 Å². The largest absolute Gasteiger partial charge is 0.495 e. The molecular formula is C12H18Br2N2O3S. The second kappa shape index (κ2) is 7.74. The van der Waals surface area contributed by atoms with Crippen LogP contribution in [0, 0.1) is 0 Å². The molecule has 0 amide bonds. The molecule has 0 atom stereocenters. The van der Waals surface area contributed by atoms with E-state index in [1.165, 1.54) is 18.4 Å². The van der Waals surface area contributed by atoms with Gasteiger partial charge in [0.25, 0.3) is 0 Å². The zero-order valence-electron chi connectivity index (χ0n) is 11.6. The Bertz CT molecular complexity index is 562. The minimum absolute atomic E-state index is 0.0670. The third-order valence-electron chi connectivity index (χ3n) is 2.70. The van der Waals surface area contributed by atoms with Gasteiger partial charge in [0.05, 0.1) is 17.3 Å². The molecule has 1 N–H and O–H groups in total. The van der Waals surface area contributed by atoms with Gasteiger partial charge < -0.3 is 10.1 Å². The Labute approximate surface area is 137 Å². The van der Waals surface area contributed by atoms with Gasteiger partial charge in [-0.2, -0.15) is 0 Å². The molecule has 0 spiro atoms. The van der Waals surface area contributed by atoms with E-state index in [1.54, 1.807) is 7.11 Å². The van der Waals surface area contributed by atoms with Gasteiger partial charge in [-0.05, 0) is 28.1 Å². The van der Waals surface area contributed by atoms with Crippen molar-refractivity contribution in [3.05, 3.63) is 26.6 Å². The van der Waals surface area contributed by atoms with Gasteiger partial charge in [-0.1, -0.05) is 15.9 Å². The lowest BCUT2D eigenvalue weighted by atomic mass is 10.2. The molecule has 0 aliphatic heterocycles. The zero-order chi connectivity index (χ0) is 15.3. The summed E-state index contributed by atoms with van der Waals surface area (Å²) in [6.45, 7) is 0.915. The van der Waals surface area contributed by atoms with Crippen LogP contribution in [0.2, 0.25) is 0 Å². The minimum atomic E-state index is -3.16. The molecule has 0 aromatic heterocycles. The van der Waals surface area contributed by atoms with Crippen molar-refractivity contribution in [2.75, 3.05) is 33.5 Å². The maximum Gasteiger partial charge on any atom is 0.214 e. The molecule has 0 fully saturated rings. The van der Waals surface area contributed by atoms with Crippen LogP contribution in [0.25, 0.3) is 0 Å². The molecule has 0 radical (unpaired) electrons. The molecule has 1 aromatic rings. The molecular weight excluding hydrogens is 412 g/mol. The van der Waals surface area contributed by atoms with Crippen molar-refractivity contribution in [3.8, 4) is 5.75 Å². The first-order valence-corrected chi connectivity index (χ1v) is 9.10. The lowest BCUT2D eigenvalue weighted by molar-refractivity contribution is 0.405. The summed E-state index contributed by atoms with van der Waals surface area (Å²) in [6.07, 6.45) is 0. The van der Waals surface area contributed by atoms with E-state index in [9.17, 15) is 8.42 Å². The molecule has 114 valence electrons. The third-order valence-corrected chi connectivity index (χ3v) is 5.58. The highest BCUT2D eigenvalue weighted by atomic mass is 79.9. The Kier molecular flexibility index (Phi) is 6.93. The van der Waals surface area contributed by atoms with E-state index >= 15 is 0 Å². The van der Waals surface area contributed by atoms with Crippen molar-refractivity contribution in [1.29, 1.82) is 0 Å². The van der Waals surface area contributed by atoms with E-state index in [-0.39, 0.29) is 5.75 Å². The van der Waals surface area contributed by atoms with Crippen LogP contribution in [0.3, 0.4) is 0 Å². The first kappa shape index (κ1) is 17.9. The fourth-order valence-electron chi connectivity index (χ4n) is 1.58. The van der Waals surface area contributed by atoms with Gasteiger partial charge in [0.15, 0.2) is 0 Å². The summed E-state index contributed by atoms with van der Waals surface area (Å²) in [5.74, 6) is 0.813. The number of sulfonamides is 1. The lowest BCUT2D eigenvalue weighted by Gasteiger charge is -2.14. The van der Waals surface area contributed by atoms with Gasteiger partial charge in [0, 0.05) is 37.2 Å². The molecule has 0 saturated carbocycles. The van der Waals surface area contributed by atoms with E-state index in [0.717, 1.165) is 20.3 Å². The van der Waals surface area contributed by atoms with Crippen LogP contribution in [-0.2, 0) is 16.6 Å². The van der Waals surface area contributed by atoms with Crippen LogP contribution in [0.5, 0.6) is 5.75 Å². The van der Waals surface area contributed by atoms with Crippen LogP contribution in [-0.4, -0.2) is 46.2 Å². The number of ether oxygens (including phenoxy) is 1. The van der Waals surface area contributed by atoms with Crippen molar-refractivity contribution in [2.24, 2.45) is 0 Å². The van der Waals surface area contributed by atoms with Crippen molar-refractivity contribution in [2.45, 2.75) is 6.54 Å². The molecule has 0 saturated heterocycles. The Morgan fingerprint density at radius 2 is 1.95 bits per heavy atom. The molecule has 0 bridgehead atoms. The van der Waals surface area contributed by atoms with Crippen LogP contribution >= 0.6 is 31.9 Å². The molecule has 0 aliphatic rings. The number of rotatable bonds is 7.